The van der Waals surface area contributed by atoms with E-state index in [-0.39, 0.29) is 5.56 Å². The van der Waals surface area contributed by atoms with Gasteiger partial charge in [0.1, 0.15) is 24.7 Å². The summed E-state index contributed by atoms with van der Waals surface area (Å²) in [5, 5.41) is 0.569. The maximum Gasteiger partial charge on any atom is 0.274 e. The van der Waals surface area contributed by atoms with Gasteiger partial charge in [-0.25, -0.2) is 9.38 Å². The molecule has 0 aliphatic carbocycles. The summed E-state index contributed by atoms with van der Waals surface area (Å²) in [5.74, 6) is 1.45. The number of thiazole rings is 1. The van der Waals surface area contributed by atoms with E-state index >= 15 is 0 Å². The molecule has 0 N–H and O–H groups in total. The molecule has 0 saturated heterocycles. The molecule has 0 bridgehead atoms. The number of hydrogen-bond donors (Lipinski definition) is 0. The van der Waals surface area contributed by atoms with E-state index < -0.39 is 0 Å². The molecule has 33 heavy (non-hydrogen) atoms. The van der Waals surface area contributed by atoms with Crippen molar-refractivity contribution in [3.05, 3.63) is 97.3 Å². The van der Waals surface area contributed by atoms with Crippen LogP contribution in [0.1, 0.15) is 16.7 Å². The monoisotopic (exact) mass is 476 g/mol. The van der Waals surface area contributed by atoms with E-state index in [1.807, 2.05) is 54.6 Å². The predicted molar refractivity (Wildman–Crippen MR) is 134 cm³/mol. The lowest BCUT2D eigenvalue weighted by atomic mass is 10.1. The first-order valence-electron chi connectivity index (χ1n) is 10.5. The third kappa shape index (κ3) is 4.32. The molecule has 0 saturated carbocycles. The zero-order valence-corrected chi connectivity index (χ0v) is 19.7. The number of benzene rings is 3. The Labute approximate surface area is 199 Å². The van der Waals surface area contributed by atoms with E-state index in [1.165, 1.54) is 22.5 Å². The molecule has 0 atom stereocenters. The summed E-state index contributed by atoms with van der Waals surface area (Å²) in [7, 11) is 0. The largest absolute Gasteiger partial charge is 0.490 e. The van der Waals surface area contributed by atoms with E-state index in [4.69, 9.17) is 21.1 Å². The fourth-order valence-electron chi connectivity index (χ4n) is 3.63. The number of hydrogen-bond acceptors (Lipinski definition) is 5. The number of halogens is 1. The Morgan fingerprint density at radius 2 is 1.82 bits per heavy atom. The molecule has 7 heteroatoms. The van der Waals surface area contributed by atoms with Crippen LogP contribution in [0.3, 0.4) is 0 Å². The minimum atomic E-state index is -0.104. The highest BCUT2D eigenvalue weighted by Crippen LogP contribution is 2.24. The van der Waals surface area contributed by atoms with Crippen LogP contribution in [0.25, 0.3) is 22.1 Å². The number of aromatic nitrogens is 2. The predicted octanol–water partition coefficient (Wildman–Crippen LogP) is 5.18. The van der Waals surface area contributed by atoms with Crippen LogP contribution in [0.15, 0.2) is 65.5 Å². The van der Waals surface area contributed by atoms with Gasteiger partial charge in [0, 0.05) is 10.6 Å². The normalized spacial score (nSPS) is 12.0. The average Bonchev–Trinajstić information content (AvgIpc) is 3.31. The second-order valence-corrected chi connectivity index (χ2v) is 9.20. The van der Waals surface area contributed by atoms with E-state index in [0.717, 1.165) is 22.3 Å². The standard InChI is InChI=1S/C26H21ClN2O3S/c1-16-7-9-20(13-17(16)2)31-11-12-32-23-10-8-19(27)14-18(23)15-24-25(30)29-22-6-4-3-5-21(22)28-26(29)33-24/h3-10,13-15H,11-12H2,1-2H3/b24-15-. The molecule has 5 rings (SSSR count). The lowest BCUT2D eigenvalue weighted by Crippen LogP contribution is -2.22. The third-order valence-electron chi connectivity index (χ3n) is 5.49. The minimum absolute atomic E-state index is 0.104. The van der Waals surface area contributed by atoms with Gasteiger partial charge in [-0.3, -0.25) is 4.79 Å². The van der Waals surface area contributed by atoms with Crippen LogP contribution in [-0.2, 0) is 0 Å². The average molecular weight is 477 g/mol. The van der Waals surface area contributed by atoms with Gasteiger partial charge in [-0.15, -0.1) is 0 Å². The number of fused-ring (bicyclic) bond motifs is 3. The highest BCUT2D eigenvalue weighted by molar-refractivity contribution is 7.15. The molecule has 0 fully saturated rings. The minimum Gasteiger partial charge on any atom is -0.490 e. The Balaban J connectivity index is 1.39. The number of para-hydroxylation sites is 2. The molecule has 166 valence electrons. The zero-order chi connectivity index (χ0) is 22.9. The van der Waals surface area contributed by atoms with E-state index in [1.54, 1.807) is 16.5 Å². The topological polar surface area (TPSA) is 52.8 Å². The Morgan fingerprint density at radius 1 is 1.00 bits per heavy atom. The molecule has 0 radical (unpaired) electrons. The van der Waals surface area contributed by atoms with Crippen LogP contribution in [0.4, 0.5) is 0 Å². The fraction of sp³-hybridized carbons (Fsp3) is 0.154. The van der Waals surface area contributed by atoms with E-state index in [9.17, 15) is 4.79 Å². The molecule has 5 aromatic rings. The molecule has 2 heterocycles. The van der Waals surface area contributed by atoms with Gasteiger partial charge in [-0.2, -0.15) is 0 Å². The summed E-state index contributed by atoms with van der Waals surface area (Å²) >= 11 is 7.58. The van der Waals surface area contributed by atoms with Crippen molar-refractivity contribution in [3.8, 4) is 11.5 Å². The van der Waals surface area contributed by atoms with Gasteiger partial charge in [0.05, 0.1) is 15.6 Å². The van der Waals surface area contributed by atoms with Crippen molar-refractivity contribution in [1.29, 1.82) is 0 Å². The van der Waals surface area contributed by atoms with Crippen LogP contribution in [-0.4, -0.2) is 22.6 Å². The lowest BCUT2D eigenvalue weighted by Gasteiger charge is -2.11. The first kappa shape index (κ1) is 21.5. The molecule has 3 aromatic carbocycles. The molecule has 2 aromatic heterocycles. The maximum absolute atomic E-state index is 13.1. The van der Waals surface area contributed by atoms with Crippen molar-refractivity contribution in [2.24, 2.45) is 0 Å². The summed E-state index contributed by atoms with van der Waals surface area (Å²) < 4.78 is 14.0. The third-order valence-corrected chi connectivity index (χ3v) is 6.70. The lowest BCUT2D eigenvalue weighted by molar-refractivity contribution is 0.217. The Morgan fingerprint density at radius 3 is 2.67 bits per heavy atom. The van der Waals surface area contributed by atoms with Gasteiger partial charge in [-0.05, 0) is 73.5 Å². The molecule has 0 amide bonds. The van der Waals surface area contributed by atoms with Gasteiger partial charge in [0.15, 0.2) is 4.96 Å². The number of ether oxygens (including phenoxy) is 2. The Bertz CT molecular complexity index is 1590. The second-order valence-electron chi connectivity index (χ2n) is 7.76. The SMILES string of the molecule is Cc1ccc(OCCOc2ccc(Cl)cc2/C=c2\sc3nc4ccccc4n3c2=O)cc1C. The molecule has 0 spiro atoms. The summed E-state index contributed by atoms with van der Waals surface area (Å²) in [5.41, 5.74) is 4.66. The van der Waals surface area contributed by atoms with Gasteiger partial charge in [0.25, 0.3) is 5.56 Å². The van der Waals surface area contributed by atoms with Crippen molar-refractivity contribution in [2.45, 2.75) is 13.8 Å². The van der Waals surface area contributed by atoms with Crippen LogP contribution in [0.5, 0.6) is 11.5 Å². The van der Waals surface area contributed by atoms with Crippen molar-refractivity contribution < 1.29 is 9.47 Å². The highest BCUT2D eigenvalue weighted by atomic mass is 35.5. The van der Waals surface area contributed by atoms with E-state index in [2.05, 4.69) is 18.8 Å². The smallest absolute Gasteiger partial charge is 0.274 e. The van der Waals surface area contributed by atoms with Gasteiger partial charge >= 0.3 is 0 Å². The summed E-state index contributed by atoms with van der Waals surface area (Å²) in [6, 6.07) is 19.0. The molecule has 0 aliphatic heterocycles. The van der Waals surface area contributed by atoms with Crippen LogP contribution in [0, 0.1) is 13.8 Å². The number of imidazole rings is 1. The molecular weight excluding hydrogens is 456 g/mol. The fourth-order valence-corrected chi connectivity index (χ4v) is 4.79. The molecule has 0 aliphatic rings. The molecular formula is C26H21ClN2O3S. The van der Waals surface area contributed by atoms with Crippen molar-refractivity contribution in [3.63, 3.8) is 0 Å². The van der Waals surface area contributed by atoms with Gasteiger partial charge < -0.3 is 9.47 Å². The molecule has 0 unspecified atom stereocenters. The number of nitrogens with zero attached hydrogens (tertiary/aromatic N) is 2. The highest BCUT2D eigenvalue weighted by Gasteiger charge is 2.11. The van der Waals surface area contributed by atoms with Gasteiger partial charge in [-0.1, -0.05) is 41.1 Å². The van der Waals surface area contributed by atoms with Crippen LogP contribution < -0.4 is 19.6 Å². The van der Waals surface area contributed by atoms with Crippen LogP contribution in [0.2, 0.25) is 5.02 Å². The summed E-state index contributed by atoms with van der Waals surface area (Å²) in [4.78, 5) is 18.3. The summed E-state index contributed by atoms with van der Waals surface area (Å²) in [6.07, 6.45) is 1.81. The second kappa shape index (κ2) is 8.89. The Kier molecular flexibility index (Phi) is 5.79. The van der Waals surface area contributed by atoms with Gasteiger partial charge in [0.2, 0.25) is 0 Å². The number of aryl methyl sites for hydroxylation is 2. The first-order valence-corrected chi connectivity index (χ1v) is 11.7. The summed E-state index contributed by atoms with van der Waals surface area (Å²) in [6.45, 7) is 4.89. The number of rotatable bonds is 6. The van der Waals surface area contributed by atoms with Crippen molar-refractivity contribution >= 4 is 45.0 Å². The van der Waals surface area contributed by atoms with Crippen molar-refractivity contribution in [2.75, 3.05) is 13.2 Å². The van der Waals surface area contributed by atoms with Crippen LogP contribution >= 0.6 is 22.9 Å². The zero-order valence-electron chi connectivity index (χ0n) is 18.2. The molecule has 5 nitrogen and oxygen atoms in total. The Hall–Kier alpha value is -3.35. The quantitative estimate of drug-likeness (QED) is 0.317. The van der Waals surface area contributed by atoms with Crippen molar-refractivity contribution in [1.82, 2.24) is 9.38 Å². The first-order chi connectivity index (χ1) is 16.0. The maximum atomic E-state index is 13.1. The van der Waals surface area contributed by atoms with E-state index in [0.29, 0.717) is 33.5 Å².